The smallest absolute Gasteiger partial charge is 0.293 e. The van der Waals surface area contributed by atoms with Crippen LogP contribution in [-0.2, 0) is 0 Å². The van der Waals surface area contributed by atoms with Gasteiger partial charge in [-0.1, -0.05) is 22.4 Å². The summed E-state index contributed by atoms with van der Waals surface area (Å²) in [7, 11) is 1.95. The molecule has 0 atom stereocenters. The molecule has 1 saturated carbocycles. The lowest BCUT2D eigenvalue weighted by molar-refractivity contribution is 0.673. The van der Waals surface area contributed by atoms with Crippen LogP contribution in [0.2, 0.25) is 0 Å². The maximum Gasteiger partial charge on any atom is 0.293 e. The van der Waals surface area contributed by atoms with Gasteiger partial charge in [0.15, 0.2) is 5.82 Å². The number of nitrogens with zero attached hydrogens (tertiary/aromatic N) is 3. The van der Waals surface area contributed by atoms with Crippen molar-refractivity contribution in [3.63, 3.8) is 0 Å². The Morgan fingerprint density at radius 1 is 1.44 bits per heavy atom. The lowest BCUT2D eigenvalue weighted by Crippen LogP contribution is -2.30. The van der Waals surface area contributed by atoms with E-state index in [1.165, 1.54) is 12.8 Å². The molecule has 4 nitrogen and oxygen atoms in total. The minimum absolute atomic E-state index is 0.0583. The molecule has 2 rings (SSSR count). The molecule has 1 aliphatic carbocycles. The van der Waals surface area contributed by atoms with E-state index in [0.29, 0.717) is 11.9 Å². The molecule has 0 aliphatic heterocycles. The van der Waals surface area contributed by atoms with Crippen molar-refractivity contribution >= 4 is 21.7 Å². The molecule has 1 heterocycles. The number of unbranched alkanes of at least 4 members (excludes halogenated alkanes) is 2. The Morgan fingerprint density at radius 3 is 2.89 bits per heavy atom. The number of hydrogen-bond donors (Lipinski definition) is 0. The summed E-state index contributed by atoms with van der Waals surface area (Å²) in [6, 6.07) is 0.418. The molecule has 18 heavy (non-hydrogen) atoms. The van der Waals surface area contributed by atoms with Crippen molar-refractivity contribution < 1.29 is 0 Å². The predicted octanol–water partition coefficient (Wildman–Crippen LogP) is 2.58. The number of hydrogen-bond acceptors (Lipinski definition) is 3. The second-order valence-electron chi connectivity index (χ2n) is 4.87. The molecule has 0 aromatic carbocycles. The summed E-state index contributed by atoms with van der Waals surface area (Å²) < 4.78 is 1.83. The highest BCUT2D eigenvalue weighted by Gasteiger charge is 2.25. The molecular formula is C13H20BrN3O. The summed E-state index contributed by atoms with van der Waals surface area (Å²) in [6.07, 6.45) is 9.26. The topological polar surface area (TPSA) is 38.1 Å². The maximum absolute atomic E-state index is 12.2. The van der Waals surface area contributed by atoms with Gasteiger partial charge in [-0.25, -0.2) is 4.98 Å². The number of rotatable bonds is 7. The normalized spacial score (nSPS) is 14.8. The minimum Gasteiger partial charge on any atom is -0.355 e. The van der Waals surface area contributed by atoms with E-state index in [0.717, 1.165) is 31.1 Å². The SMILES string of the molecule is CN(CCCCCBr)c1nccn(C2CC2)c1=O. The fourth-order valence-corrected chi connectivity index (χ4v) is 2.44. The molecule has 0 unspecified atom stereocenters. The fourth-order valence-electron chi connectivity index (χ4n) is 2.04. The first-order valence-corrected chi connectivity index (χ1v) is 7.70. The highest BCUT2D eigenvalue weighted by molar-refractivity contribution is 9.09. The van der Waals surface area contributed by atoms with Gasteiger partial charge >= 0.3 is 0 Å². The van der Waals surface area contributed by atoms with E-state index in [-0.39, 0.29) is 5.56 Å². The monoisotopic (exact) mass is 313 g/mol. The van der Waals surface area contributed by atoms with E-state index in [4.69, 9.17) is 0 Å². The molecule has 0 N–H and O–H groups in total. The van der Waals surface area contributed by atoms with Crippen LogP contribution in [0.15, 0.2) is 17.2 Å². The van der Waals surface area contributed by atoms with Crippen LogP contribution in [-0.4, -0.2) is 28.5 Å². The van der Waals surface area contributed by atoms with Crippen LogP contribution >= 0.6 is 15.9 Å². The van der Waals surface area contributed by atoms with Gasteiger partial charge < -0.3 is 9.47 Å². The third-order valence-electron chi connectivity index (χ3n) is 3.28. The average Bonchev–Trinajstić information content (AvgIpc) is 3.19. The summed E-state index contributed by atoms with van der Waals surface area (Å²) >= 11 is 3.43. The van der Waals surface area contributed by atoms with Gasteiger partial charge in [0.2, 0.25) is 0 Å². The third-order valence-corrected chi connectivity index (χ3v) is 3.84. The van der Waals surface area contributed by atoms with Crippen LogP contribution in [0.3, 0.4) is 0 Å². The van der Waals surface area contributed by atoms with Gasteiger partial charge in [-0.3, -0.25) is 4.79 Å². The molecule has 0 saturated heterocycles. The van der Waals surface area contributed by atoms with E-state index >= 15 is 0 Å². The van der Waals surface area contributed by atoms with Crippen molar-refractivity contribution in [2.24, 2.45) is 0 Å². The van der Waals surface area contributed by atoms with Gasteiger partial charge in [-0.05, 0) is 25.7 Å². The van der Waals surface area contributed by atoms with Crippen molar-refractivity contribution in [3.05, 3.63) is 22.7 Å². The van der Waals surface area contributed by atoms with E-state index in [2.05, 4.69) is 20.9 Å². The molecule has 1 aliphatic rings. The maximum atomic E-state index is 12.2. The van der Waals surface area contributed by atoms with E-state index in [9.17, 15) is 4.79 Å². The van der Waals surface area contributed by atoms with E-state index in [1.807, 2.05) is 22.7 Å². The van der Waals surface area contributed by atoms with Crippen molar-refractivity contribution in [1.82, 2.24) is 9.55 Å². The largest absolute Gasteiger partial charge is 0.355 e. The Kier molecular flexibility index (Phi) is 4.80. The Bertz CT molecular complexity index is 442. The van der Waals surface area contributed by atoms with Crippen molar-refractivity contribution in [1.29, 1.82) is 0 Å². The number of anilines is 1. The summed E-state index contributed by atoms with van der Waals surface area (Å²) in [6.45, 7) is 0.893. The second-order valence-corrected chi connectivity index (χ2v) is 5.66. The second kappa shape index (κ2) is 6.36. The lowest BCUT2D eigenvalue weighted by Gasteiger charge is -2.18. The van der Waals surface area contributed by atoms with Gasteiger partial charge in [0.05, 0.1) is 0 Å². The zero-order chi connectivity index (χ0) is 13.0. The highest BCUT2D eigenvalue weighted by Crippen LogP contribution is 2.33. The standard InChI is InChI=1S/C13H20BrN3O/c1-16(9-4-2-3-7-14)12-13(18)17(10-8-15-12)11-5-6-11/h8,10-11H,2-7,9H2,1H3. The number of alkyl halides is 1. The van der Waals surface area contributed by atoms with Crippen LogP contribution in [0.25, 0.3) is 0 Å². The zero-order valence-corrected chi connectivity index (χ0v) is 12.4. The Hall–Kier alpha value is -0.840. The molecular weight excluding hydrogens is 294 g/mol. The highest BCUT2D eigenvalue weighted by atomic mass is 79.9. The molecule has 5 heteroatoms. The first kappa shape index (κ1) is 13.6. The molecule has 0 bridgehead atoms. The first-order valence-electron chi connectivity index (χ1n) is 6.58. The molecule has 0 radical (unpaired) electrons. The zero-order valence-electron chi connectivity index (χ0n) is 10.8. The van der Waals surface area contributed by atoms with Crippen molar-refractivity contribution in [2.75, 3.05) is 23.8 Å². The predicted molar refractivity (Wildman–Crippen MR) is 77.7 cm³/mol. The summed E-state index contributed by atoms with van der Waals surface area (Å²) in [5, 5.41) is 1.05. The average molecular weight is 314 g/mol. The molecule has 0 spiro atoms. The van der Waals surface area contributed by atoms with Gasteiger partial charge in [-0.2, -0.15) is 0 Å². The third kappa shape index (κ3) is 3.34. The van der Waals surface area contributed by atoms with Gasteiger partial charge in [0.25, 0.3) is 5.56 Å². The van der Waals surface area contributed by atoms with Crippen LogP contribution < -0.4 is 10.5 Å². The lowest BCUT2D eigenvalue weighted by atomic mass is 10.2. The molecule has 1 aromatic rings. The first-order chi connectivity index (χ1) is 8.74. The van der Waals surface area contributed by atoms with Gasteiger partial charge in [0.1, 0.15) is 0 Å². The van der Waals surface area contributed by atoms with Crippen LogP contribution in [0.1, 0.15) is 38.1 Å². The summed E-state index contributed by atoms with van der Waals surface area (Å²) in [5.41, 5.74) is 0.0583. The molecule has 100 valence electrons. The molecule has 0 amide bonds. The van der Waals surface area contributed by atoms with Gasteiger partial charge in [0, 0.05) is 37.4 Å². The van der Waals surface area contributed by atoms with Crippen LogP contribution in [0, 0.1) is 0 Å². The molecule has 1 fully saturated rings. The van der Waals surface area contributed by atoms with E-state index in [1.54, 1.807) is 6.20 Å². The Labute approximate surface area is 116 Å². The van der Waals surface area contributed by atoms with Crippen molar-refractivity contribution in [2.45, 2.75) is 38.1 Å². The van der Waals surface area contributed by atoms with Crippen LogP contribution in [0.5, 0.6) is 0 Å². The fraction of sp³-hybridized carbons (Fsp3) is 0.692. The molecule has 1 aromatic heterocycles. The summed E-state index contributed by atoms with van der Waals surface area (Å²) in [4.78, 5) is 18.4. The van der Waals surface area contributed by atoms with Crippen LogP contribution in [0.4, 0.5) is 5.82 Å². The number of aromatic nitrogens is 2. The quantitative estimate of drug-likeness (QED) is 0.573. The number of halogens is 1. The Morgan fingerprint density at radius 2 is 2.22 bits per heavy atom. The van der Waals surface area contributed by atoms with E-state index < -0.39 is 0 Å². The van der Waals surface area contributed by atoms with Crippen molar-refractivity contribution in [3.8, 4) is 0 Å². The Balaban J connectivity index is 1.99. The summed E-state index contributed by atoms with van der Waals surface area (Å²) in [5.74, 6) is 0.586. The van der Waals surface area contributed by atoms with Gasteiger partial charge in [-0.15, -0.1) is 0 Å². The minimum atomic E-state index is 0.0583.